The fourth-order valence-electron chi connectivity index (χ4n) is 1.42. The van der Waals surface area contributed by atoms with Crippen LogP contribution in [0.2, 0.25) is 0 Å². The van der Waals surface area contributed by atoms with Crippen LogP contribution in [-0.4, -0.2) is 29.9 Å². The highest BCUT2D eigenvalue weighted by Crippen LogP contribution is 2.07. The largest absolute Gasteiger partial charge is 0.480 e. The molecule has 3 N–H and O–H groups in total. The Morgan fingerprint density at radius 3 is 3.00 bits per heavy atom. The Bertz CT molecular complexity index is 421. The van der Waals surface area contributed by atoms with Crippen LogP contribution >= 0.6 is 0 Å². The molecule has 1 heterocycles. The molecule has 0 radical (unpaired) electrons. The summed E-state index contributed by atoms with van der Waals surface area (Å²) < 4.78 is 5.15. The van der Waals surface area contributed by atoms with Gasteiger partial charge in [0.25, 0.3) is 0 Å². The van der Waals surface area contributed by atoms with Crippen molar-refractivity contribution in [1.82, 2.24) is 0 Å². The Morgan fingerprint density at radius 2 is 2.44 bits per heavy atom. The number of rotatable bonds is 7. The number of hydrogen-bond donors (Lipinski definition) is 2. The highest BCUT2D eigenvalue weighted by atomic mass is 16.4. The van der Waals surface area contributed by atoms with Crippen molar-refractivity contribution >= 4 is 18.3 Å². The number of carboxylic acids is 1. The van der Waals surface area contributed by atoms with E-state index in [2.05, 4.69) is 4.99 Å². The SMILES string of the molecule is C/C(C=NC(CCCN)C(=O)O)=C\c1ccco1. The second-order valence-corrected chi connectivity index (χ2v) is 3.97. The summed E-state index contributed by atoms with van der Waals surface area (Å²) in [5.74, 6) is -0.210. The van der Waals surface area contributed by atoms with E-state index in [1.807, 2.05) is 13.0 Å². The van der Waals surface area contributed by atoms with Crippen LogP contribution in [0.4, 0.5) is 0 Å². The molecule has 0 aliphatic carbocycles. The Balaban J connectivity index is 2.62. The number of aliphatic carboxylic acids is 1. The van der Waals surface area contributed by atoms with E-state index in [1.54, 1.807) is 24.6 Å². The Kier molecular flexibility index (Phi) is 5.87. The van der Waals surface area contributed by atoms with Gasteiger partial charge in [0.2, 0.25) is 0 Å². The topological polar surface area (TPSA) is 88.8 Å². The van der Waals surface area contributed by atoms with Crippen molar-refractivity contribution in [3.8, 4) is 0 Å². The molecular formula is C13H18N2O3. The van der Waals surface area contributed by atoms with Gasteiger partial charge >= 0.3 is 5.97 Å². The van der Waals surface area contributed by atoms with E-state index >= 15 is 0 Å². The zero-order chi connectivity index (χ0) is 13.4. The number of carbonyl (C=O) groups is 1. The molecule has 0 aliphatic rings. The van der Waals surface area contributed by atoms with Crippen molar-refractivity contribution in [1.29, 1.82) is 0 Å². The first-order valence-corrected chi connectivity index (χ1v) is 5.81. The van der Waals surface area contributed by atoms with Crippen LogP contribution in [0.25, 0.3) is 6.08 Å². The van der Waals surface area contributed by atoms with Crippen molar-refractivity contribution in [3.05, 3.63) is 29.7 Å². The van der Waals surface area contributed by atoms with Gasteiger partial charge in [0, 0.05) is 6.21 Å². The molecule has 0 bridgehead atoms. The lowest BCUT2D eigenvalue weighted by molar-refractivity contribution is -0.138. The van der Waals surface area contributed by atoms with Gasteiger partial charge in [-0.15, -0.1) is 0 Å². The third-order valence-electron chi connectivity index (χ3n) is 2.34. The average Bonchev–Trinajstić information content (AvgIpc) is 2.81. The number of aliphatic imine (C=N–C) groups is 1. The quantitative estimate of drug-likeness (QED) is 0.724. The minimum absolute atomic E-state index is 0.455. The molecule has 1 aromatic rings. The average molecular weight is 250 g/mol. The number of allylic oxidation sites excluding steroid dienone is 1. The maximum atomic E-state index is 10.9. The summed E-state index contributed by atoms with van der Waals surface area (Å²) in [5.41, 5.74) is 6.19. The second-order valence-electron chi connectivity index (χ2n) is 3.97. The van der Waals surface area contributed by atoms with E-state index in [-0.39, 0.29) is 0 Å². The van der Waals surface area contributed by atoms with Gasteiger partial charge in [-0.2, -0.15) is 0 Å². The van der Waals surface area contributed by atoms with Crippen LogP contribution in [0.3, 0.4) is 0 Å². The van der Waals surface area contributed by atoms with E-state index < -0.39 is 12.0 Å². The molecule has 5 heteroatoms. The third-order valence-corrected chi connectivity index (χ3v) is 2.34. The van der Waals surface area contributed by atoms with Gasteiger partial charge in [0.05, 0.1) is 6.26 Å². The van der Waals surface area contributed by atoms with Crippen molar-refractivity contribution in [2.45, 2.75) is 25.8 Å². The predicted octanol–water partition coefficient (Wildman–Crippen LogP) is 1.95. The molecule has 1 atom stereocenters. The maximum absolute atomic E-state index is 10.9. The van der Waals surface area contributed by atoms with Crippen molar-refractivity contribution < 1.29 is 14.3 Å². The molecule has 0 aliphatic heterocycles. The number of hydrogen-bond acceptors (Lipinski definition) is 4. The fraction of sp³-hybridized carbons (Fsp3) is 0.385. The smallest absolute Gasteiger partial charge is 0.328 e. The zero-order valence-corrected chi connectivity index (χ0v) is 10.4. The maximum Gasteiger partial charge on any atom is 0.328 e. The lowest BCUT2D eigenvalue weighted by Gasteiger charge is -2.05. The molecule has 1 aromatic heterocycles. The molecule has 1 rings (SSSR count). The predicted molar refractivity (Wildman–Crippen MR) is 70.6 cm³/mol. The Hall–Kier alpha value is -1.88. The highest BCUT2D eigenvalue weighted by Gasteiger charge is 2.13. The molecule has 98 valence electrons. The first-order valence-electron chi connectivity index (χ1n) is 5.81. The lowest BCUT2D eigenvalue weighted by Crippen LogP contribution is -2.19. The summed E-state index contributed by atoms with van der Waals surface area (Å²) in [6, 6.07) is 2.88. The minimum Gasteiger partial charge on any atom is -0.480 e. The second kappa shape index (κ2) is 7.45. The van der Waals surface area contributed by atoms with Crippen LogP contribution in [0.15, 0.2) is 33.4 Å². The summed E-state index contributed by atoms with van der Waals surface area (Å²) >= 11 is 0. The van der Waals surface area contributed by atoms with Crippen LogP contribution in [-0.2, 0) is 4.79 Å². The molecule has 0 aromatic carbocycles. The molecule has 0 spiro atoms. The van der Waals surface area contributed by atoms with E-state index in [0.717, 1.165) is 5.57 Å². The zero-order valence-electron chi connectivity index (χ0n) is 10.4. The monoisotopic (exact) mass is 250 g/mol. The molecule has 1 unspecified atom stereocenters. The standard InChI is InChI=1S/C13H18N2O3/c1-10(8-11-4-3-7-18-11)9-15-12(13(16)17)5-2-6-14/h3-4,7-9,12H,2,5-6,14H2,1H3,(H,16,17)/b10-8+,15-9?. The van der Waals surface area contributed by atoms with Gasteiger partial charge in [-0.3, -0.25) is 4.99 Å². The summed E-state index contributed by atoms with van der Waals surface area (Å²) in [4.78, 5) is 15.0. The Labute approximate surface area is 106 Å². The summed E-state index contributed by atoms with van der Waals surface area (Å²) in [7, 11) is 0. The van der Waals surface area contributed by atoms with Gasteiger partial charge < -0.3 is 15.3 Å². The summed E-state index contributed by atoms with van der Waals surface area (Å²) in [6.45, 7) is 2.31. The normalized spacial score (nSPS) is 14.0. The van der Waals surface area contributed by atoms with E-state index in [4.69, 9.17) is 15.3 Å². The summed E-state index contributed by atoms with van der Waals surface area (Å²) in [6.07, 6.45) is 6.03. The third kappa shape index (κ3) is 4.97. The van der Waals surface area contributed by atoms with E-state index in [0.29, 0.717) is 25.1 Å². The first kappa shape index (κ1) is 14.2. The number of carboxylic acid groups (broad SMARTS) is 1. The highest BCUT2D eigenvalue weighted by molar-refractivity contribution is 5.86. The van der Waals surface area contributed by atoms with Gasteiger partial charge in [-0.1, -0.05) is 0 Å². The molecule has 0 fully saturated rings. The molecular weight excluding hydrogens is 232 g/mol. The van der Waals surface area contributed by atoms with Gasteiger partial charge in [0.1, 0.15) is 11.8 Å². The molecule has 0 saturated carbocycles. The Morgan fingerprint density at radius 1 is 1.67 bits per heavy atom. The number of furan rings is 1. The van der Waals surface area contributed by atoms with Crippen LogP contribution in [0, 0.1) is 0 Å². The van der Waals surface area contributed by atoms with E-state index in [9.17, 15) is 4.79 Å². The van der Waals surface area contributed by atoms with E-state index in [1.165, 1.54) is 0 Å². The van der Waals surface area contributed by atoms with Crippen molar-refractivity contribution in [3.63, 3.8) is 0 Å². The van der Waals surface area contributed by atoms with Crippen molar-refractivity contribution in [2.24, 2.45) is 10.7 Å². The van der Waals surface area contributed by atoms with Gasteiger partial charge in [-0.05, 0) is 50.1 Å². The molecule has 0 saturated heterocycles. The summed E-state index contributed by atoms with van der Waals surface area (Å²) in [5, 5.41) is 8.98. The lowest BCUT2D eigenvalue weighted by atomic mass is 10.1. The minimum atomic E-state index is -0.925. The van der Waals surface area contributed by atoms with Crippen LogP contribution in [0.5, 0.6) is 0 Å². The van der Waals surface area contributed by atoms with Crippen molar-refractivity contribution in [2.75, 3.05) is 6.54 Å². The molecule has 5 nitrogen and oxygen atoms in total. The molecule has 18 heavy (non-hydrogen) atoms. The van der Waals surface area contributed by atoms with Crippen LogP contribution in [0.1, 0.15) is 25.5 Å². The van der Waals surface area contributed by atoms with Gasteiger partial charge in [0.15, 0.2) is 0 Å². The van der Waals surface area contributed by atoms with Crippen LogP contribution < -0.4 is 5.73 Å². The fourth-order valence-corrected chi connectivity index (χ4v) is 1.42. The first-order chi connectivity index (χ1) is 8.63. The number of nitrogens with zero attached hydrogens (tertiary/aromatic N) is 1. The van der Waals surface area contributed by atoms with Gasteiger partial charge in [-0.25, -0.2) is 4.79 Å². The number of nitrogens with two attached hydrogens (primary N) is 1. The molecule has 0 amide bonds.